The minimum absolute atomic E-state index is 0.118. The van der Waals surface area contributed by atoms with Gasteiger partial charge in [-0.2, -0.15) is 0 Å². The summed E-state index contributed by atoms with van der Waals surface area (Å²) in [5.74, 6) is 0.354. The van der Waals surface area contributed by atoms with Gasteiger partial charge in [0.2, 0.25) is 0 Å². The zero-order chi connectivity index (χ0) is 27.6. The number of halogens is 2. The van der Waals surface area contributed by atoms with E-state index in [-0.39, 0.29) is 23.8 Å². The second kappa shape index (κ2) is 11.2. The second-order valence-corrected chi connectivity index (χ2v) is 11.1. The van der Waals surface area contributed by atoms with Gasteiger partial charge < -0.3 is 16.1 Å². The number of amides is 2. The fourth-order valence-corrected chi connectivity index (χ4v) is 6.33. The number of nitrogens with zero attached hydrogens (tertiary/aromatic N) is 1. The third-order valence-corrected chi connectivity index (χ3v) is 8.43. The molecule has 3 aliphatic rings. The molecular weight excluding hydrogens is 523 g/mol. The van der Waals surface area contributed by atoms with Gasteiger partial charge in [0.1, 0.15) is 5.82 Å². The number of carbonyl (C=O) groups excluding carboxylic acids is 1. The van der Waals surface area contributed by atoms with E-state index in [2.05, 4.69) is 47.4 Å². The fourth-order valence-electron chi connectivity index (χ4n) is 6.20. The van der Waals surface area contributed by atoms with Gasteiger partial charge in [-0.15, -0.1) is 0 Å². The molecule has 1 aliphatic heterocycles. The number of hydrazine groups is 1. The van der Waals surface area contributed by atoms with Crippen LogP contribution in [0, 0.1) is 17.7 Å². The average Bonchev–Trinajstić information content (AvgIpc) is 3.58. The molecule has 1 heterocycles. The molecule has 0 spiro atoms. The van der Waals surface area contributed by atoms with Crippen LogP contribution in [0.15, 0.2) is 114 Å². The molecule has 5 nitrogen and oxygen atoms in total. The minimum atomic E-state index is -0.244. The monoisotopic (exact) mass is 554 g/mol. The van der Waals surface area contributed by atoms with Crippen LogP contribution >= 0.6 is 11.6 Å². The number of fused-ring (bicyclic) bond motifs is 1. The Morgan fingerprint density at radius 1 is 1.07 bits per heavy atom. The summed E-state index contributed by atoms with van der Waals surface area (Å²) >= 11 is 5.99. The Hall–Kier alpha value is -4.03. The van der Waals surface area contributed by atoms with E-state index in [1.807, 2.05) is 47.5 Å². The number of carbonyl (C=O) groups is 1. The van der Waals surface area contributed by atoms with Crippen LogP contribution < -0.4 is 21.1 Å². The summed E-state index contributed by atoms with van der Waals surface area (Å²) < 4.78 is 13.5. The lowest BCUT2D eigenvalue weighted by atomic mass is 9.78. The topological polar surface area (TPSA) is 56.4 Å². The molecular formula is C33H32ClFN4O. The Labute approximate surface area is 239 Å². The summed E-state index contributed by atoms with van der Waals surface area (Å²) in [6, 6.07) is 23.9. The van der Waals surface area contributed by atoms with Crippen LogP contribution in [-0.2, 0) is 6.54 Å². The standard InChI is InChI=1S/C33H32ClFN4O/c1-21-29-20-37-39(28-15-13-27(35)14-16-28)31(29)18-25-10-9-24(32(21)25)17-30(23-5-3-2-4-6-23)38-33(40)36-19-22-7-11-26(34)12-8-22/h2-8,11-16,18,20-21,24,30,37H,9-10,17,19H2,1H3,(H2,36,38,40)/t21-,24+,30?/m0/s1. The molecule has 204 valence electrons. The molecule has 1 unspecified atom stereocenters. The van der Waals surface area contributed by atoms with Crippen molar-refractivity contribution in [1.29, 1.82) is 0 Å². The van der Waals surface area contributed by atoms with Crippen LogP contribution in [0.5, 0.6) is 0 Å². The van der Waals surface area contributed by atoms with E-state index in [9.17, 15) is 9.18 Å². The van der Waals surface area contributed by atoms with Gasteiger partial charge in [0.15, 0.2) is 0 Å². The molecule has 0 saturated heterocycles. The number of benzene rings is 3. The van der Waals surface area contributed by atoms with Crippen molar-refractivity contribution >= 4 is 23.3 Å². The highest BCUT2D eigenvalue weighted by molar-refractivity contribution is 6.30. The van der Waals surface area contributed by atoms with E-state index in [1.54, 1.807) is 12.1 Å². The van der Waals surface area contributed by atoms with Crippen LogP contribution in [-0.4, -0.2) is 6.03 Å². The fraction of sp³-hybridized carbons (Fsp3) is 0.242. The molecule has 0 bridgehead atoms. The predicted molar refractivity (Wildman–Crippen MR) is 158 cm³/mol. The average molecular weight is 555 g/mol. The zero-order valence-electron chi connectivity index (χ0n) is 22.3. The van der Waals surface area contributed by atoms with Gasteiger partial charge in [0, 0.05) is 29.3 Å². The number of allylic oxidation sites excluding steroid dienone is 4. The largest absolute Gasteiger partial charge is 0.334 e. The van der Waals surface area contributed by atoms with Crippen molar-refractivity contribution in [2.24, 2.45) is 11.8 Å². The lowest BCUT2D eigenvalue weighted by molar-refractivity contribution is 0.234. The van der Waals surface area contributed by atoms with Crippen LogP contribution in [0.2, 0.25) is 5.02 Å². The van der Waals surface area contributed by atoms with Gasteiger partial charge in [0.25, 0.3) is 0 Å². The summed E-state index contributed by atoms with van der Waals surface area (Å²) in [4.78, 5) is 13.0. The van der Waals surface area contributed by atoms with Crippen LogP contribution in [0.1, 0.15) is 43.4 Å². The Balaban J connectivity index is 1.20. The lowest BCUT2D eigenvalue weighted by Crippen LogP contribution is -2.38. The minimum Gasteiger partial charge on any atom is -0.334 e. The van der Waals surface area contributed by atoms with Gasteiger partial charge in [-0.3, -0.25) is 5.01 Å². The number of rotatable bonds is 7. The van der Waals surface area contributed by atoms with E-state index in [1.165, 1.54) is 28.9 Å². The van der Waals surface area contributed by atoms with Crippen molar-refractivity contribution < 1.29 is 9.18 Å². The highest BCUT2D eigenvalue weighted by Gasteiger charge is 2.39. The molecule has 0 saturated carbocycles. The first-order chi connectivity index (χ1) is 19.5. The summed E-state index contributed by atoms with van der Waals surface area (Å²) in [5.41, 5.74) is 11.6. The maximum Gasteiger partial charge on any atom is 0.315 e. The van der Waals surface area contributed by atoms with E-state index >= 15 is 0 Å². The molecule has 0 aromatic heterocycles. The first kappa shape index (κ1) is 26.2. The first-order valence-corrected chi connectivity index (χ1v) is 14.1. The number of hydrogen-bond donors (Lipinski definition) is 3. The lowest BCUT2D eigenvalue weighted by Gasteiger charge is -2.31. The van der Waals surface area contributed by atoms with Gasteiger partial charge >= 0.3 is 6.03 Å². The van der Waals surface area contributed by atoms with Crippen LogP contribution in [0.25, 0.3) is 0 Å². The van der Waals surface area contributed by atoms with E-state index < -0.39 is 0 Å². The Kier molecular flexibility index (Phi) is 7.35. The van der Waals surface area contributed by atoms with Crippen molar-refractivity contribution in [2.75, 3.05) is 5.01 Å². The summed E-state index contributed by atoms with van der Waals surface area (Å²) in [6.45, 7) is 2.70. The van der Waals surface area contributed by atoms with Crippen LogP contribution in [0.3, 0.4) is 0 Å². The molecule has 3 aromatic rings. The van der Waals surface area contributed by atoms with E-state index in [4.69, 9.17) is 11.6 Å². The van der Waals surface area contributed by atoms with Crippen molar-refractivity contribution in [1.82, 2.24) is 16.1 Å². The Bertz CT molecular complexity index is 1480. The number of anilines is 1. The normalized spacial score (nSPS) is 20.2. The summed E-state index contributed by atoms with van der Waals surface area (Å²) in [6.07, 6.45) is 7.23. The Morgan fingerprint density at radius 2 is 1.82 bits per heavy atom. The molecule has 3 atom stereocenters. The van der Waals surface area contributed by atoms with Crippen molar-refractivity contribution in [2.45, 2.75) is 38.8 Å². The second-order valence-electron chi connectivity index (χ2n) is 10.7. The van der Waals surface area contributed by atoms with Gasteiger partial charge in [-0.25, -0.2) is 9.18 Å². The number of hydrogen-bond acceptors (Lipinski definition) is 3. The molecule has 3 N–H and O–H groups in total. The molecule has 3 aromatic carbocycles. The molecule has 2 aliphatic carbocycles. The van der Waals surface area contributed by atoms with Crippen molar-refractivity contribution in [3.05, 3.63) is 136 Å². The van der Waals surface area contributed by atoms with Gasteiger partial charge in [-0.1, -0.05) is 66.6 Å². The summed E-state index contributed by atoms with van der Waals surface area (Å²) in [5, 5.41) is 8.96. The molecule has 40 heavy (non-hydrogen) atoms. The summed E-state index contributed by atoms with van der Waals surface area (Å²) in [7, 11) is 0. The zero-order valence-corrected chi connectivity index (χ0v) is 23.1. The van der Waals surface area contributed by atoms with E-state index in [0.717, 1.165) is 41.8 Å². The van der Waals surface area contributed by atoms with Crippen molar-refractivity contribution in [3.63, 3.8) is 0 Å². The molecule has 0 fully saturated rings. The third-order valence-electron chi connectivity index (χ3n) is 8.18. The Morgan fingerprint density at radius 3 is 2.58 bits per heavy atom. The molecule has 6 rings (SSSR count). The van der Waals surface area contributed by atoms with Gasteiger partial charge in [-0.05, 0) is 84.4 Å². The molecule has 7 heteroatoms. The highest BCUT2D eigenvalue weighted by Crippen LogP contribution is 2.49. The van der Waals surface area contributed by atoms with E-state index in [0.29, 0.717) is 17.5 Å². The maximum atomic E-state index is 13.5. The highest BCUT2D eigenvalue weighted by atomic mass is 35.5. The maximum absolute atomic E-state index is 13.5. The number of nitrogens with one attached hydrogen (secondary N) is 3. The quantitative estimate of drug-likeness (QED) is 0.282. The molecule has 2 amide bonds. The first-order valence-electron chi connectivity index (χ1n) is 13.8. The van der Waals surface area contributed by atoms with Crippen LogP contribution in [0.4, 0.5) is 14.9 Å². The third kappa shape index (κ3) is 5.36. The smallest absolute Gasteiger partial charge is 0.315 e. The van der Waals surface area contributed by atoms with Crippen molar-refractivity contribution in [3.8, 4) is 0 Å². The predicted octanol–water partition coefficient (Wildman–Crippen LogP) is 7.56. The molecule has 0 radical (unpaired) electrons. The van der Waals surface area contributed by atoms with Gasteiger partial charge in [0.05, 0.1) is 17.4 Å². The SMILES string of the molecule is C[C@H]1C2=CNN(c3ccc(F)cc3)C2=CC2=C1[C@@H](CC(NC(=O)NCc1ccc(Cl)cc1)c1ccccc1)CC2. The number of urea groups is 1.